The first-order chi connectivity index (χ1) is 10.5. The van der Waals surface area contributed by atoms with E-state index >= 15 is 0 Å². The molecule has 122 valence electrons. The number of pyridine rings is 1. The quantitative estimate of drug-likeness (QED) is 0.892. The van der Waals surface area contributed by atoms with Crippen LogP contribution in [0.3, 0.4) is 0 Å². The number of urea groups is 1. The van der Waals surface area contributed by atoms with Crippen LogP contribution in [0, 0.1) is 0 Å². The maximum Gasteiger partial charge on any atom is 0.317 e. The summed E-state index contributed by atoms with van der Waals surface area (Å²) in [6.07, 6.45) is 1.82. The van der Waals surface area contributed by atoms with Gasteiger partial charge in [0.15, 0.2) is 0 Å². The number of ether oxygens (including phenoxy) is 1. The van der Waals surface area contributed by atoms with Crippen LogP contribution >= 0.6 is 0 Å². The van der Waals surface area contributed by atoms with Crippen molar-refractivity contribution in [2.75, 3.05) is 39.8 Å². The molecule has 0 atom stereocenters. The fraction of sp³-hybridized carbons (Fsp3) is 0.625. The maximum atomic E-state index is 12.2. The second kappa shape index (κ2) is 7.56. The molecule has 0 aromatic carbocycles. The molecular formula is C16H26N4O2. The summed E-state index contributed by atoms with van der Waals surface area (Å²) >= 11 is 0. The van der Waals surface area contributed by atoms with E-state index in [-0.39, 0.29) is 11.6 Å². The van der Waals surface area contributed by atoms with Gasteiger partial charge in [-0.1, -0.05) is 6.07 Å². The standard InChI is InChI=1S/C16H26N4O2/c1-16(2,22-3)13-18-15(21)20-10-8-19(9-11-20)12-14-6-4-5-7-17-14/h4-7H,8-13H2,1-3H3,(H,18,21). The van der Waals surface area contributed by atoms with Gasteiger partial charge in [-0.15, -0.1) is 0 Å². The predicted octanol–water partition coefficient (Wildman–Crippen LogP) is 1.33. The van der Waals surface area contributed by atoms with Crippen LogP contribution in [0.25, 0.3) is 0 Å². The fourth-order valence-electron chi connectivity index (χ4n) is 2.30. The van der Waals surface area contributed by atoms with Crippen LogP contribution in [0.2, 0.25) is 0 Å². The normalized spacial score (nSPS) is 16.6. The van der Waals surface area contributed by atoms with Crippen molar-refractivity contribution >= 4 is 6.03 Å². The Kier molecular flexibility index (Phi) is 5.74. The predicted molar refractivity (Wildman–Crippen MR) is 85.6 cm³/mol. The van der Waals surface area contributed by atoms with Crippen LogP contribution in [0.1, 0.15) is 19.5 Å². The average Bonchev–Trinajstić information content (AvgIpc) is 2.54. The lowest BCUT2D eigenvalue weighted by Gasteiger charge is -2.35. The van der Waals surface area contributed by atoms with E-state index in [0.29, 0.717) is 6.54 Å². The molecule has 0 bridgehead atoms. The van der Waals surface area contributed by atoms with Crippen molar-refractivity contribution in [2.24, 2.45) is 0 Å². The van der Waals surface area contributed by atoms with Crippen molar-refractivity contribution in [1.82, 2.24) is 20.1 Å². The molecule has 1 aliphatic heterocycles. The lowest BCUT2D eigenvalue weighted by molar-refractivity contribution is 0.0237. The number of hydrogen-bond acceptors (Lipinski definition) is 4. The number of nitrogens with zero attached hydrogens (tertiary/aromatic N) is 3. The number of piperazine rings is 1. The molecule has 0 aliphatic carbocycles. The Bertz CT molecular complexity index is 470. The molecular weight excluding hydrogens is 280 g/mol. The summed E-state index contributed by atoms with van der Waals surface area (Å²) in [6.45, 7) is 8.49. The first-order valence-corrected chi connectivity index (χ1v) is 7.70. The Hall–Kier alpha value is -1.66. The van der Waals surface area contributed by atoms with E-state index in [1.54, 1.807) is 7.11 Å². The molecule has 2 heterocycles. The van der Waals surface area contributed by atoms with Crippen molar-refractivity contribution in [3.05, 3.63) is 30.1 Å². The number of aromatic nitrogens is 1. The highest BCUT2D eigenvalue weighted by atomic mass is 16.5. The highest BCUT2D eigenvalue weighted by molar-refractivity contribution is 5.74. The minimum atomic E-state index is -0.337. The molecule has 6 nitrogen and oxygen atoms in total. The Morgan fingerprint density at radius 2 is 2.05 bits per heavy atom. The topological polar surface area (TPSA) is 57.7 Å². The van der Waals surface area contributed by atoms with Gasteiger partial charge in [-0.2, -0.15) is 0 Å². The van der Waals surface area contributed by atoms with E-state index in [1.165, 1.54) is 0 Å². The molecule has 1 N–H and O–H groups in total. The molecule has 6 heteroatoms. The van der Waals surface area contributed by atoms with Gasteiger partial charge in [-0.3, -0.25) is 9.88 Å². The van der Waals surface area contributed by atoms with Crippen LogP contribution in [0.15, 0.2) is 24.4 Å². The highest BCUT2D eigenvalue weighted by Gasteiger charge is 2.23. The van der Waals surface area contributed by atoms with Gasteiger partial charge in [0.2, 0.25) is 0 Å². The molecule has 0 radical (unpaired) electrons. The maximum absolute atomic E-state index is 12.2. The van der Waals surface area contributed by atoms with E-state index in [2.05, 4.69) is 15.2 Å². The SMILES string of the molecule is COC(C)(C)CNC(=O)N1CCN(Cc2ccccn2)CC1. The molecule has 2 amide bonds. The third-order valence-corrected chi connectivity index (χ3v) is 3.99. The second-order valence-electron chi connectivity index (χ2n) is 6.21. The number of nitrogens with one attached hydrogen (secondary N) is 1. The number of rotatable bonds is 5. The minimum absolute atomic E-state index is 0.0115. The van der Waals surface area contributed by atoms with Crippen LogP contribution < -0.4 is 5.32 Å². The molecule has 22 heavy (non-hydrogen) atoms. The van der Waals surface area contributed by atoms with Crippen LogP contribution in [0.5, 0.6) is 0 Å². The van der Waals surface area contributed by atoms with E-state index in [0.717, 1.165) is 38.4 Å². The highest BCUT2D eigenvalue weighted by Crippen LogP contribution is 2.08. The fourth-order valence-corrected chi connectivity index (χ4v) is 2.30. The van der Waals surface area contributed by atoms with E-state index in [1.807, 2.05) is 43.1 Å². The Morgan fingerprint density at radius 3 is 2.64 bits per heavy atom. The number of hydrogen-bond donors (Lipinski definition) is 1. The summed E-state index contributed by atoms with van der Waals surface area (Å²) in [5.41, 5.74) is 0.735. The monoisotopic (exact) mass is 306 g/mol. The van der Waals surface area contributed by atoms with Crippen molar-refractivity contribution in [1.29, 1.82) is 0 Å². The number of methoxy groups -OCH3 is 1. The summed E-state index contributed by atoms with van der Waals surface area (Å²) in [7, 11) is 1.66. The zero-order valence-corrected chi connectivity index (χ0v) is 13.7. The van der Waals surface area contributed by atoms with Gasteiger partial charge in [0.05, 0.1) is 11.3 Å². The summed E-state index contributed by atoms with van der Waals surface area (Å²) in [6, 6.07) is 5.95. The first-order valence-electron chi connectivity index (χ1n) is 7.70. The molecule has 0 spiro atoms. The van der Waals surface area contributed by atoms with Gasteiger partial charge in [-0.05, 0) is 26.0 Å². The lowest BCUT2D eigenvalue weighted by Crippen LogP contribution is -2.53. The van der Waals surface area contributed by atoms with Crippen LogP contribution in [-0.2, 0) is 11.3 Å². The van der Waals surface area contributed by atoms with Crippen molar-refractivity contribution in [3.63, 3.8) is 0 Å². The molecule has 1 saturated heterocycles. The molecule has 2 rings (SSSR count). The zero-order chi connectivity index (χ0) is 16.0. The van der Waals surface area contributed by atoms with Gasteiger partial charge in [0, 0.05) is 52.6 Å². The first kappa shape index (κ1) is 16.7. The van der Waals surface area contributed by atoms with Crippen LogP contribution in [0.4, 0.5) is 4.79 Å². The van der Waals surface area contributed by atoms with Gasteiger partial charge in [0.1, 0.15) is 0 Å². The minimum Gasteiger partial charge on any atom is -0.377 e. The van der Waals surface area contributed by atoms with Gasteiger partial charge in [-0.25, -0.2) is 4.79 Å². The van der Waals surface area contributed by atoms with Crippen molar-refractivity contribution in [2.45, 2.75) is 26.0 Å². The molecule has 1 aliphatic rings. The Morgan fingerprint density at radius 1 is 1.32 bits per heavy atom. The van der Waals surface area contributed by atoms with E-state index in [9.17, 15) is 4.79 Å². The van der Waals surface area contributed by atoms with Gasteiger partial charge >= 0.3 is 6.03 Å². The van der Waals surface area contributed by atoms with Crippen LogP contribution in [-0.4, -0.2) is 66.2 Å². The molecule has 1 aromatic rings. The molecule has 1 fully saturated rings. The van der Waals surface area contributed by atoms with Crippen molar-refractivity contribution in [3.8, 4) is 0 Å². The number of carbonyl (C=O) groups is 1. The third kappa shape index (κ3) is 4.96. The summed E-state index contributed by atoms with van der Waals surface area (Å²) in [5, 5.41) is 2.94. The van der Waals surface area contributed by atoms with Gasteiger partial charge < -0.3 is 15.0 Å². The summed E-state index contributed by atoms with van der Waals surface area (Å²) in [4.78, 5) is 20.7. The number of amides is 2. The molecule has 0 saturated carbocycles. The van der Waals surface area contributed by atoms with E-state index in [4.69, 9.17) is 4.74 Å². The summed E-state index contributed by atoms with van der Waals surface area (Å²) in [5.74, 6) is 0. The second-order valence-corrected chi connectivity index (χ2v) is 6.21. The smallest absolute Gasteiger partial charge is 0.317 e. The van der Waals surface area contributed by atoms with Gasteiger partial charge in [0.25, 0.3) is 0 Å². The van der Waals surface area contributed by atoms with E-state index < -0.39 is 0 Å². The summed E-state index contributed by atoms with van der Waals surface area (Å²) < 4.78 is 5.31. The lowest BCUT2D eigenvalue weighted by atomic mass is 10.1. The van der Waals surface area contributed by atoms with Crippen molar-refractivity contribution < 1.29 is 9.53 Å². The Labute approximate surface area is 132 Å². The largest absolute Gasteiger partial charge is 0.377 e. The Balaban J connectivity index is 1.73. The molecule has 1 aromatic heterocycles. The average molecular weight is 306 g/mol. The molecule has 0 unspecified atom stereocenters. The third-order valence-electron chi connectivity index (χ3n) is 3.99. The zero-order valence-electron chi connectivity index (χ0n) is 13.7. The number of carbonyl (C=O) groups excluding carboxylic acids is 1.